The number of amides is 4. The van der Waals surface area contributed by atoms with E-state index in [9.17, 15) is 14.8 Å². The minimum absolute atomic E-state index is 0.196. The summed E-state index contributed by atoms with van der Waals surface area (Å²) in [5.41, 5.74) is 1.57. The molecule has 0 aromatic rings. The highest BCUT2D eigenvalue weighted by molar-refractivity contribution is 5.95. The van der Waals surface area contributed by atoms with E-state index in [2.05, 4.69) is 5.32 Å². The highest BCUT2D eigenvalue weighted by atomic mass is 16.5. The maximum absolute atomic E-state index is 11.3. The molecule has 1 fully saturated rings. The number of rotatable bonds is 2. The second kappa shape index (κ2) is 3.78. The number of nitrogens with one attached hydrogen (secondary N) is 2. The van der Waals surface area contributed by atoms with Crippen LogP contribution >= 0.6 is 0 Å². The topological polar surface area (TPSA) is 105 Å². The molecule has 4 amide bonds. The molecule has 1 saturated heterocycles. The van der Waals surface area contributed by atoms with Gasteiger partial charge in [-0.25, -0.2) is 14.5 Å². The van der Waals surface area contributed by atoms with Gasteiger partial charge in [0.15, 0.2) is 0 Å². The number of urea groups is 2. The number of hydroxylamine groups is 3. The second-order valence-electron chi connectivity index (χ2n) is 3.07. The first-order valence-corrected chi connectivity index (χ1v) is 4.00. The van der Waals surface area contributed by atoms with Crippen LogP contribution in [-0.2, 0) is 0 Å². The van der Waals surface area contributed by atoms with Gasteiger partial charge in [0.2, 0.25) is 6.29 Å². The van der Waals surface area contributed by atoms with Crippen molar-refractivity contribution in [2.75, 3.05) is 0 Å². The van der Waals surface area contributed by atoms with Gasteiger partial charge in [-0.2, -0.15) is 10.5 Å². The van der Waals surface area contributed by atoms with Crippen LogP contribution in [0.4, 0.5) is 9.59 Å². The number of carbonyl (C=O) groups excluding carboxylic acids is 2. The van der Waals surface area contributed by atoms with Gasteiger partial charge >= 0.3 is 12.1 Å². The van der Waals surface area contributed by atoms with Crippen molar-refractivity contribution in [3.8, 4) is 0 Å². The molecule has 1 rings (SSSR count). The molecule has 80 valence electrons. The quantitative estimate of drug-likeness (QED) is 0.358. The molecule has 8 heteroatoms. The van der Waals surface area contributed by atoms with Crippen molar-refractivity contribution in [3.63, 3.8) is 0 Å². The highest BCUT2D eigenvalue weighted by Gasteiger charge is 2.38. The van der Waals surface area contributed by atoms with Gasteiger partial charge < -0.3 is 10.5 Å². The first kappa shape index (κ1) is 10.7. The summed E-state index contributed by atoms with van der Waals surface area (Å²) in [5.74, 6) is 0. The van der Waals surface area contributed by atoms with Crippen LogP contribution in [0.3, 0.4) is 0 Å². The van der Waals surface area contributed by atoms with Gasteiger partial charge in [-0.15, -0.1) is 0 Å². The Bertz CT molecular complexity index is 256. The average molecular weight is 204 g/mol. The molecule has 1 atom stereocenters. The van der Waals surface area contributed by atoms with E-state index in [0.717, 1.165) is 4.90 Å². The molecule has 4 N–H and O–H groups in total. The van der Waals surface area contributed by atoms with E-state index in [1.165, 1.54) is 0 Å². The van der Waals surface area contributed by atoms with Gasteiger partial charge in [-0.05, 0) is 13.8 Å². The molecule has 0 bridgehead atoms. The molecule has 1 aliphatic heterocycles. The van der Waals surface area contributed by atoms with Crippen molar-refractivity contribution >= 4 is 12.1 Å². The minimum Gasteiger partial charge on any atom is -0.313 e. The normalized spacial score (nSPS) is 23.1. The van der Waals surface area contributed by atoms with Gasteiger partial charge in [0.05, 0.1) is 0 Å². The molecular weight excluding hydrogens is 192 g/mol. The summed E-state index contributed by atoms with van der Waals surface area (Å²) in [6.07, 6.45) is -1.31. The Hall–Kier alpha value is -1.38. The van der Waals surface area contributed by atoms with Gasteiger partial charge in [-0.1, -0.05) is 0 Å². The molecular formula is C6H12N4O4. The van der Waals surface area contributed by atoms with Crippen LogP contribution in [0.5, 0.6) is 0 Å². The lowest BCUT2D eigenvalue weighted by Crippen LogP contribution is -2.68. The maximum Gasteiger partial charge on any atom is 0.355 e. The molecule has 0 spiro atoms. The number of carbonyl (C=O) groups is 2. The number of imide groups is 1. The highest BCUT2D eigenvalue weighted by Crippen LogP contribution is 2.09. The summed E-state index contributed by atoms with van der Waals surface area (Å²) in [7, 11) is 0. The Morgan fingerprint density at radius 2 is 2.07 bits per heavy atom. The predicted molar refractivity (Wildman–Crippen MR) is 43.2 cm³/mol. The Kier molecular flexibility index (Phi) is 2.89. The molecule has 1 unspecified atom stereocenters. The second-order valence-corrected chi connectivity index (χ2v) is 3.07. The van der Waals surface area contributed by atoms with E-state index in [0.29, 0.717) is 0 Å². The van der Waals surface area contributed by atoms with Crippen LogP contribution in [0, 0.1) is 0 Å². The Morgan fingerprint density at radius 1 is 1.50 bits per heavy atom. The summed E-state index contributed by atoms with van der Waals surface area (Å²) >= 11 is 0. The SMILES string of the molecule is CC(C)N1C(=O)NC(NO)N(O)C1=O. The molecule has 0 radical (unpaired) electrons. The monoisotopic (exact) mass is 204 g/mol. The van der Waals surface area contributed by atoms with Crippen molar-refractivity contribution < 1.29 is 20.0 Å². The van der Waals surface area contributed by atoms with Crippen molar-refractivity contribution in [3.05, 3.63) is 0 Å². The Labute approximate surface area is 80.0 Å². The first-order valence-electron chi connectivity index (χ1n) is 4.00. The van der Waals surface area contributed by atoms with E-state index in [1.807, 2.05) is 0 Å². The largest absolute Gasteiger partial charge is 0.355 e. The fourth-order valence-corrected chi connectivity index (χ4v) is 1.10. The zero-order valence-corrected chi connectivity index (χ0v) is 7.76. The van der Waals surface area contributed by atoms with E-state index < -0.39 is 18.4 Å². The van der Waals surface area contributed by atoms with Crippen LogP contribution in [0.15, 0.2) is 0 Å². The van der Waals surface area contributed by atoms with Crippen molar-refractivity contribution in [1.29, 1.82) is 0 Å². The Balaban J connectivity index is 2.85. The standard InChI is InChI=1S/C6H12N4O4/c1-3(2)9-5(11)7-4(8-13)10(14)6(9)12/h3-4,8,13-14H,1-2H3,(H,7,11). The van der Waals surface area contributed by atoms with Crippen molar-refractivity contribution in [2.45, 2.75) is 26.2 Å². The lowest BCUT2D eigenvalue weighted by molar-refractivity contribution is -0.144. The van der Waals surface area contributed by atoms with Crippen LogP contribution in [0.25, 0.3) is 0 Å². The third-order valence-corrected chi connectivity index (χ3v) is 1.76. The zero-order valence-electron chi connectivity index (χ0n) is 7.76. The lowest BCUT2D eigenvalue weighted by atomic mass is 10.3. The molecule has 0 aromatic carbocycles. The Morgan fingerprint density at radius 3 is 2.50 bits per heavy atom. The van der Waals surface area contributed by atoms with Gasteiger partial charge in [0.25, 0.3) is 0 Å². The number of hydrogen-bond acceptors (Lipinski definition) is 5. The third kappa shape index (κ3) is 1.62. The van der Waals surface area contributed by atoms with Gasteiger partial charge in [-0.3, -0.25) is 5.21 Å². The first-order chi connectivity index (χ1) is 6.49. The molecule has 8 nitrogen and oxygen atoms in total. The number of nitrogens with zero attached hydrogens (tertiary/aromatic N) is 2. The molecule has 0 saturated carbocycles. The maximum atomic E-state index is 11.3. The summed E-state index contributed by atoms with van der Waals surface area (Å²) in [4.78, 5) is 23.4. The summed E-state index contributed by atoms with van der Waals surface area (Å²) < 4.78 is 0. The molecule has 0 aromatic heterocycles. The van der Waals surface area contributed by atoms with Gasteiger partial charge in [0, 0.05) is 6.04 Å². The van der Waals surface area contributed by atoms with Crippen LogP contribution < -0.4 is 10.8 Å². The van der Waals surface area contributed by atoms with E-state index in [1.54, 1.807) is 19.3 Å². The molecule has 1 heterocycles. The van der Waals surface area contributed by atoms with E-state index in [4.69, 9.17) is 5.21 Å². The van der Waals surface area contributed by atoms with Gasteiger partial charge in [0.1, 0.15) is 0 Å². The van der Waals surface area contributed by atoms with Crippen LogP contribution in [0.2, 0.25) is 0 Å². The fraction of sp³-hybridized carbons (Fsp3) is 0.667. The zero-order chi connectivity index (χ0) is 10.9. The summed E-state index contributed by atoms with van der Waals surface area (Å²) in [6.45, 7) is 3.25. The van der Waals surface area contributed by atoms with Crippen molar-refractivity contribution in [2.24, 2.45) is 0 Å². The predicted octanol–water partition coefficient (Wildman–Crippen LogP) is -0.506. The summed E-state index contributed by atoms with van der Waals surface area (Å²) in [5, 5.41) is 20.0. The van der Waals surface area contributed by atoms with Crippen LogP contribution in [-0.4, -0.2) is 44.8 Å². The fourth-order valence-electron chi connectivity index (χ4n) is 1.10. The van der Waals surface area contributed by atoms with E-state index in [-0.39, 0.29) is 11.1 Å². The minimum atomic E-state index is -1.31. The van der Waals surface area contributed by atoms with E-state index >= 15 is 0 Å². The smallest absolute Gasteiger partial charge is 0.313 e. The lowest BCUT2D eigenvalue weighted by Gasteiger charge is -2.37. The molecule has 0 aliphatic carbocycles. The number of hydrogen-bond donors (Lipinski definition) is 4. The third-order valence-electron chi connectivity index (χ3n) is 1.76. The molecule has 1 aliphatic rings. The van der Waals surface area contributed by atoms with Crippen molar-refractivity contribution in [1.82, 2.24) is 20.8 Å². The molecule has 14 heavy (non-hydrogen) atoms. The van der Waals surface area contributed by atoms with Crippen LogP contribution in [0.1, 0.15) is 13.8 Å². The average Bonchev–Trinajstić information content (AvgIpc) is 2.10. The summed E-state index contributed by atoms with van der Waals surface area (Å²) in [6, 6.07) is -1.95.